The molecule has 142 valence electrons. The summed E-state index contributed by atoms with van der Waals surface area (Å²) in [5.74, 6) is -0.574. The first kappa shape index (κ1) is 19.0. The molecule has 1 aliphatic carbocycles. The second-order valence-corrected chi connectivity index (χ2v) is 8.86. The number of nitrogens with zero attached hydrogens (tertiary/aromatic N) is 1. The van der Waals surface area contributed by atoms with Gasteiger partial charge in [0.2, 0.25) is 5.91 Å². The number of hydrogen-bond acceptors (Lipinski definition) is 5. The Hall–Kier alpha value is -2.74. The maximum absolute atomic E-state index is 12.7. The van der Waals surface area contributed by atoms with Gasteiger partial charge in [0, 0.05) is 12.1 Å². The number of benzene rings is 2. The maximum atomic E-state index is 12.7. The number of carbonyl (C=O) groups excluding carboxylic acids is 1. The van der Waals surface area contributed by atoms with Gasteiger partial charge in [-0.25, -0.2) is 8.42 Å². The van der Waals surface area contributed by atoms with Gasteiger partial charge in [-0.3, -0.25) is 14.9 Å². The number of hydrogen-bond donors (Lipinski definition) is 1. The first-order valence-corrected chi connectivity index (χ1v) is 10.2. The standard InChI is InChI=1S/C19H20N2O5S/c1-13(27(25,26)16-11-9-15(10-12-16)21(23)24)19(22)20-18-8-4-6-14-5-2-3-7-17(14)18/h2-3,5,7,9-13,18H,4,6,8H2,1H3,(H,20,22)/t13-,18-/m1/s1. The predicted octanol–water partition coefficient (Wildman–Crippen LogP) is 2.95. The molecule has 1 aliphatic rings. The smallest absolute Gasteiger partial charge is 0.269 e. The molecule has 2 aromatic rings. The van der Waals surface area contributed by atoms with Crippen LogP contribution in [0.3, 0.4) is 0 Å². The van der Waals surface area contributed by atoms with E-state index in [0.29, 0.717) is 0 Å². The molecular formula is C19H20N2O5S. The van der Waals surface area contributed by atoms with Crippen LogP contribution in [0.1, 0.15) is 36.9 Å². The van der Waals surface area contributed by atoms with E-state index in [2.05, 4.69) is 5.32 Å². The molecule has 0 saturated carbocycles. The van der Waals surface area contributed by atoms with Crippen LogP contribution in [0.2, 0.25) is 0 Å². The second kappa shape index (κ2) is 7.48. The molecule has 0 fully saturated rings. The van der Waals surface area contributed by atoms with Gasteiger partial charge in [0.1, 0.15) is 5.25 Å². The Balaban J connectivity index is 1.78. The molecular weight excluding hydrogens is 368 g/mol. The van der Waals surface area contributed by atoms with Crippen LogP contribution in [-0.4, -0.2) is 24.5 Å². The minimum Gasteiger partial charge on any atom is -0.348 e. The van der Waals surface area contributed by atoms with Crippen molar-refractivity contribution < 1.29 is 18.1 Å². The minimum atomic E-state index is -3.94. The summed E-state index contributed by atoms with van der Waals surface area (Å²) in [6.07, 6.45) is 2.62. The van der Waals surface area contributed by atoms with E-state index in [1.54, 1.807) is 0 Å². The number of nitro benzene ring substituents is 1. The van der Waals surface area contributed by atoms with Crippen LogP contribution in [-0.2, 0) is 21.1 Å². The zero-order valence-electron chi connectivity index (χ0n) is 14.8. The van der Waals surface area contributed by atoms with Crippen molar-refractivity contribution in [3.63, 3.8) is 0 Å². The fourth-order valence-electron chi connectivity index (χ4n) is 3.30. The summed E-state index contributed by atoms with van der Waals surface area (Å²) in [6.45, 7) is 1.33. The first-order chi connectivity index (χ1) is 12.8. The van der Waals surface area contributed by atoms with E-state index in [9.17, 15) is 23.3 Å². The molecule has 27 heavy (non-hydrogen) atoms. The Labute approximate surface area is 157 Å². The summed E-state index contributed by atoms with van der Waals surface area (Å²) in [4.78, 5) is 22.6. The number of carbonyl (C=O) groups is 1. The van der Waals surface area contributed by atoms with Crippen molar-refractivity contribution in [1.82, 2.24) is 5.32 Å². The Morgan fingerprint density at radius 1 is 1.19 bits per heavy atom. The third-order valence-electron chi connectivity index (χ3n) is 4.90. The highest BCUT2D eigenvalue weighted by molar-refractivity contribution is 7.92. The molecule has 0 saturated heterocycles. The van der Waals surface area contributed by atoms with Gasteiger partial charge < -0.3 is 5.32 Å². The lowest BCUT2D eigenvalue weighted by molar-refractivity contribution is -0.384. The van der Waals surface area contributed by atoms with E-state index < -0.39 is 25.9 Å². The highest BCUT2D eigenvalue weighted by Crippen LogP contribution is 2.30. The SMILES string of the molecule is C[C@H](C(=O)N[C@@H]1CCCc2ccccc21)S(=O)(=O)c1ccc([N+](=O)[O-])cc1. The van der Waals surface area contributed by atoms with Crippen LogP contribution in [0, 0.1) is 10.1 Å². The molecule has 0 heterocycles. The molecule has 0 radical (unpaired) electrons. The van der Waals surface area contributed by atoms with Gasteiger partial charge >= 0.3 is 0 Å². The van der Waals surface area contributed by atoms with Crippen molar-refractivity contribution in [2.45, 2.75) is 42.4 Å². The number of nitrogens with one attached hydrogen (secondary N) is 1. The average Bonchev–Trinajstić information content (AvgIpc) is 2.67. The number of amides is 1. The largest absolute Gasteiger partial charge is 0.348 e. The fraction of sp³-hybridized carbons (Fsp3) is 0.316. The van der Waals surface area contributed by atoms with Crippen LogP contribution >= 0.6 is 0 Å². The van der Waals surface area contributed by atoms with Gasteiger partial charge in [0.25, 0.3) is 5.69 Å². The summed E-state index contributed by atoms with van der Waals surface area (Å²) in [5, 5.41) is 12.3. The van der Waals surface area contributed by atoms with Crippen molar-refractivity contribution in [2.24, 2.45) is 0 Å². The van der Waals surface area contributed by atoms with Crippen LogP contribution in [0.25, 0.3) is 0 Å². The van der Waals surface area contributed by atoms with E-state index in [1.807, 2.05) is 24.3 Å². The van der Waals surface area contributed by atoms with Crippen molar-refractivity contribution >= 4 is 21.4 Å². The molecule has 0 aliphatic heterocycles. The molecule has 3 rings (SSSR count). The predicted molar refractivity (Wildman–Crippen MR) is 100 cm³/mol. The van der Waals surface area contributed by atoms with Crippen LogP contribution in [0.4, 0.5) is 5.69 Å². The molecule has 2 atom stereocenters. The topological polar surface area (TPSA) is 106 Å². The second-order valence-electron chi connectivity index (χ2n) is 6.59. The third kappa shape index (κ3) is 3.85. The van der Waals surface area contributed by atoms with E-state index in [1.165, 1.54) is 12.5 Å². The highest BCUT2D eigenvalue weighted by atomic mass is 32.2. The summed E-state index contributed by atoms with van der Waals surface area (Å²) in [6, 6.07) is 12.2. The summed E-state index contributed by atoms with van der Waals surface area (Å²) >= 11 is 0. The Morgan fingerprint density at radius 2 is 1.85 bits per heavy atom. The van der Waals surface area contributed by atoms with Crippen molar-refractivity contribution in [2.75, 3.05) is 0 Å². The average molecular weight is 388 g/mol. The quantitative estimate of drug-likeness (QED) is 0.626. The molecule has 0 aromatic heterocycles. The van der Waals surface area contributed by atoms with Crippen LogP contribution < -0.4 is 5.32 Å². The van der Waals surface area contributed by atoms with Gasteiger partial charge in [0.05, 0.1) is 15.9 Å². The Kier molecular flexibility index (Phi) is 5.27. The van der Waals surface area contributed by atoms with Crippen molar-refractivity contribution in [3.05, 3.63) is 69.8 Å². The minimum absolute atomic E-state index is 0.111. The third-order valence-corrected chi connectivity index (χ3v) is 6.97. The van der Waals surface area contributed by atoms with Crippen LogP contribution in [0.5, 0.6) is 0 Å². The van der Waals surface area contributed by atoms with E-state index in [4.69, 9.17) is 0 Å². The Bertz CT molecular complexity index is 970. The monoisotopic (exact) mass is 388 g/mol. The van der Waals surface area contributed by atoms with Crippen molar-refractivity contribution in [1.29, 1.82) is 0 Å². The van der Waals surface area contributed by atoms with Gasteiger partial charge in [-0.05, 0) is 49.4 Å². The molecule has 1 N–H and O–H groups in total. The highest BCUT2D eigenvalue weighted by Gasteiger charge is 2.32. The molecule has 0 unspecified atom stereocenters. The zero-order valence-corrected chi connectivity index (χ0v) is 15.6. The maximum Gasteiger partial charge on any atom is 0.269 e. The summed E-state index contributed by atoms with van der Waals surface area (Å²) in [5.41, 5.74) is 1.99. The van der Waals surface area contributed by atoms with Gasteiger partial charge in [-0.15, -0.1) is 0 Å². The van der Waals surface area contributed by atoms with E-state index in [-0.39, 0.29) is 16.6 Å². The lowest BCUT2D eigenvalue weighted by atomic mass is 9.88. The summed E-state index contributed by atoms with van der Waals surface area (Å²) < 4.78 is 25.4. The number of fused-ring (bicyclic) bond motifs is 1. The van der Waals surface area contributed by atoms with Gasteiger partial charge in [0.15, 0.2) is 9.84 Å². The summed E-state index contributed by atoms with van der Waals surface area (Å²) in [7, 11) is -3.94. The zero-order chi connectivity index (χ0) is 19.6. The fourth-order valence-corrected chi connectivity index (χ4v) is 4.57. The van der Waals surface area contributed by atoms with E-state index >= 15 is 0 Å². The molecule has 2 aromatic carbocycles. The van der Waals surface area contributed by atoms with Crippen molar-refractivity contribution in [3.8, 4) is 0 Å². The lowest BCUT2D eigenvalue weighted by Gasteiger charge is -2.27. The number of aryl methyl sites for hydroxylation is 1. The van der Waals surface area contributed by atoms with Crippen LogP contribution in [0.15, 0.2) is 53.4 Å². The first-order valence-electron chi connectivity index (χ1n) is 8.67. The number of nitro groups is 1. The van der Waals surface area contributed by atoms with E-state index in [0.717, 1.165) is 49.1 Å². The molecule has 0 spiro atoms. The number of rotatable bonds is 5. The Morgan fingerprint density at radius 3 is 2.52 bits per heavy atom. The van der Waals surface area contributed by atoms with Gasteiger partial charge in [-0.1, -0.05) is 24.3 Å². The molecule has 7 nitrogen and oxygen atoms in total. The molecule has 8 heteroatoms. The normalized spacial score (nSPS) is 17.6. The molecule has 0 bridgehead atoms. The number of sulfone groups is 1. The molecule has 1 amide bonds. The number of non-ortho nitro benzene ring substituents is 1. The van der Waals surface area contributed by atoms with Gasteiger partial charge in [-0.2, -0.15) is 0 Å². The lowest BCUT2D eigenvalue weighted by Crippen LogP contribution is -2.40.